The monoisotopic (exact) mass is 415 g/mol. The third kappa shape index (κ3) is 9.96. The summed E-state index contributed by atoms with van der Waals surface area (Å²) in [6.07, 6.45) is 14.0. The molecule has 0 aliphatic rings. The molecule has 0 N–H and O–H groups in total. The lowest BCUT2D eigenvalue weighted by molar-refractivity contribution is 0.383. The first kappa shape index (κ1) is 24.5. The summed E-state index contributed by atoms with van der Waals surface area (Å²) in [5, 5.41) is 0.562. The van der Waals surface area contributed by atoms with Gasteiger partial charge in [-0.05, 0) is 37.1 Å². The van der Waals surface area contributed by atoms with Crippen molar-refractivity contribution in [1.29, 1.82) is 0 Å². The van der Waals surface area contributed by atoms with Crippen molar-refractivity contribution in [3.63, 3.8) is 0 Å². The highest BCUT2D eigenvalue weighted by Crippen LogP contribution is 2.20. The molecule has 0 spiro atoms. The molecule has 0 aliphatic carbocycles. The maximum absolute atomic E-state index is 13.1. The van der Waals surface area contributed by atoms with Crippen molar-refractivity contribution in [1.82, 2.24) is 4.31 Å². The first-order valence-electron chi connectivity index (χ1n) is 10.8. The fraction of sp³-hybridized carbons (Fsp3) is 0.727. The van der Waals surface area contributed by atoms with Gasteiger partial charge in [-0.1, -0.05) is 89.7 Å². The largest absolute Gasteiger partial charge is 0.243 e. The first-order chi connectivity index (χ1) is 13.0. The molecule has 3 nitrogen and oxygen atoms in total. The van der Waals surface area contributed by atoms with Gasteiger partial charge in [0.05, 0.1) is 4.90 Å². The summed E-state index contributed by atoms with van der Waals surface area (Å²) in [5.41, 5.74) is 0. The second kappa shape index (κ2) is 14.4. The summed E-state index contributed by atoms with van der Waals surface area (Å²) in [6.45, 7) is 5.65. The number of sulfonamides is 1. The Kier molecular flexibility index (Phi) is 13.1. The van der Waals surface area contributed by atoms with E-state index in [9.17, 15) is 8.42 Å². The Bertz CT molecular complexity index is 571. The van der Waals surface area contributed by atoms with E-state index in [2.05, 4.69) is 13.8 Å². The molecule has 0 aliphatic heterocycles. The van der Waals surface area contributed by atoms with E-state index in [1.54, 1.807) is 28.6 Å². The number of hydrogen-bond acceptors (Lipinski definition) is 2. The highest BCUT2D eigenvalue weighted by atomic mass is 35.5. The lowest BCUT2D eigenvalue weighted by atomic mass is 10.1. The minimum Gasteiger partial charge on any atom is -0.207 e. The van der Waals surface area contributed by atoms with Gasteiger partial charge in [-0.2, -0.15) is 4.31 Å². The minimum absolute atomic E-state index is 0.351. The van der Waals surface area contributed by atoms with E-state index < -0.39 is 10.0 Å². The lowest BCUT2D eigenvalue weighted by Gasteiger charge is -2.22. The Balaban J connectivity index is 2.61. The van der Waals surface area contributed by atoms with Gasteiger partial charge in [-0.3, -0.25) is 0 Å². The molecule has 0 heterocycles. The van der Waals surface area contributed by atoms with E-state index in [1.165, 1.54) is 51.4 Å². The molecule has 0 radical (unpaired) electrons. The van der Waals surface area contributed by atoms with Gasteiger partial charge >= 0.3 is 0 Å². The fourth-order valence-electron chi connectivity index (χ4n) is 3.24. The van der Waals surface area contributed by atoms with E-state index in [0.717, 1.165) is 25.7 Å². The highest BCUT2D eigenvalue weighted by Gasteiger charge is 2.23. The number of rotatable bonds is 16. The van der Waals surface area contributed by atoms with Crippen molar-refractivity contribution in [2.75, 3.05) is 13.1 Å². The van der Waals surface area contributed by atoms with Crippen molar-refractivity contribution in [2.45, 2.75) is 95.8 Å². The molecule has 27 heavy (non-hydrogen) atoms. The molecule has 0 fully saturated rings. The molecule has 0 amide bonds. The number of benzene rings is 1. The quantitative estimate of drug-likeness (QED) is 0.271. The number of nitrogens with zero attached hydrogens (tertiary/aromatic N) is 1. The van der Waals surface area contributed by atoms with Gasteiger partial charge in [0.25, 0.3) is 0 Å². The molecule has 1 aromatic rings. The topological polar surface area (TPSA) is 37.4 Å². The third-order valence-electron chi connectivity index (χ3n) is 4.97. The Morgan fingerprint density at radius 2 is 1.11 bits per heavy atom. The van der Waals surface area contributed by atoms with Gasteiger partial charge in [0.15, 0.2) is 0 Å². The zero-order valence-electron chi connectivity index (χ0n) is 17.3. The van der Waals surface area contributed by atoms with Crippen LogP contribution in [0.2, 0.25) is 5.02 Å². The van der Waals surface area contributed by atoms with E-state index >= 15 is 0 Å². The Labute approximate surface area is 172 Å². The molecule has 1 aromatic carbocycles. The number of hydrogen-bond donors (Lipinski definition) is 0. The maximum Gasteiger partial charge on any atom is 0.243 e. The van der Waals surface area contributed by atoms with Gasteiger partial charge in [0, 0.05) is 18.1 Å². The van der Waals surface area contributed by atoms with E-state index in [-0.39, 0.29) is 0 Å². The molecular formula is C22H38ClNO2S. The first-order valence-corrected chi connectivity index (χ1v) is 12.6. The highest BCUT2D eigenvalue weighted by molar-refractivity contribution is 7.89. The van der Waals surface area contributed by atoms with Gasteiger partial charge in [-0.15, -0.1) is 0 Å². The summed E-state index contributed by atoms with van der Waals surface area (Å²) in [6, 6.07) is 6.55. The van der Waals surface area contributed by atoms with Crippen LogP contribution in [0.25, 0.3) is 0 Å². The van der Waals surface area contributed by atoms with Gasteiger partial charge in [0.2, 0.25) is 10.0 Å². The van der Waals surface area contributed by atoms with Crippen LogP contribution in [0.4, 0.5) is 0 Å². The average Bonchev–Trinajstić information content (AvgIpc) is 2.65. The van der Waals surface area contributed by atoms with Crippen LogP contribution in [-0.2, 0) is 10.0 Å². The van der Waals surface area contributed by atoms with Gasteiger partial charge in [-0.25, -0.2) is 8.42 Å². The number of unbranched alkanes of at least 4 members (excludes halogenated alkanes) is 10. The molecule has 0 unspecified atom stereocenters. The molecule has 1 rings (SSSR count). The second-order valence-corrected chi connectivity index (χ2v) is 9.77. The molecule has 0 bridgehead atoms. The zero-order chi connectivity index (χ0) is 20.0. The molecule has 0 saturated heterocycles. The summed E-state index contributed by atoms with van der Waals surface area (Å²) >= 11 is 5.92. The SMILES string of the molecule is CCCCCCCCN(CCCCCCCC)S(=O)(=O)c1ccc(Cl)cc1. The standard InChI is InChI=1S/C22H38ClNO2S/c1-3-5-7-9-11-13-19-24(20-14-12-10-8-6-4-2)27(25,26)22-17-15-21(23)16-18-22/h15-18H,3-14,19-20H2,1-2H3. The molecule has 0 atom stereocenters. The summed E-state index contributed by atoms with van der Waals surface area (Å²) in [5.74, 6) is 0. The normalized spacial score (nSPS) is 12.0. The van der Waals surface area contributed by atoms with Crippen molar-refractivity contribution >= 4 is 21.6 Å². The van der Waals surface area contributed by atoms with Crippen molar-refractivity contribution < 1.29 is 8.42 Å². The lowest BCUT2D eigenvalue weighted by Crippen LogP contribution is -2.33. The summed E-state index contributed by atoms with van der Waals surface area (Å²) in [4.78, 5) is 0.351. The van der Waals surface area contributed by atoms with Crippen LogP contribution in [0.3, 0.4) is 0 Å². The third-order valence-corrected chi connectivity index (χ3v) is 7.14. The van der Waals surface area contributed by atoms with Crippen LogP contribution < -0.4 is 0 Å². The van der Waals surface area contributed by atoms with Crippen LogP contribution in [0.1, 0.15) is 90.9 Å². The van der Waals surface area contributed by atoms with Crippen LogP contribution in [0, 0.1) is 0 Å². The smallest absolute Gasteiger partial charge is 0.207 e. The van der Waals surface area contributed by atoms with Gasteiger partial charge < -0.3 is 0 Å². The minimum atomic E-state index is -3.44. The van der Waals surface area contributed by atoms with Crippen LogP contribution in [0.15, 0.2) is 29.2 Å². The maximum atomic E-state index is 13.1. The molecule has 0 aromatic heterocycles. The molecule has 156 valence electrons. The van der Waals surface area contributed by atoms with Crippen molar-refractivity contribution in [3.05, 3.63) is 29.3 Å². The van der Waals surface area contributed by atoms with Crippen molar-refractivity contribution in [3.8, 4) is 0 Å². The Morgan fingerprint density at radius 1 is 0.704 bits per heavy atom. The molecular weight excluding hydrogens is 378 g/mol. The second-order valence-electron chi connectivity index (χ2n) is 7.39. The van der Waals surface area contributed by atoms with Crippen molar-refractivity contribution in [2.24, 2.45) is 0 Å². The van der Waals surface area contributed by atoms with Crippen LogP contribution in [0.5, 0.6) is 0 Å². The Morgan fingerprint density at radius 3 is 1.56 bits per heavy atom. The molecule has 0 saturated carbocycles. The van der Waals surface area contributed by atoms with E-state index in [4.69, 9.17) is 11.6 Å². The summed E-state index contributed by atoms with van der Waals surface area (Å²) in [7, 11) is -3.44. The number of halogens is 1. The zero-order valence-corrected chi connectivity index (χ0v) is 18.8. The van der Waals surface area contributed by atoms with E-state index in [0.29, 0.717) is 23.0 Å². The molecule has 5 heteroatoms. The van der Waals surface area contributed by atoms with Gasteiger partial charge in [0.1, 0.15) is 0 Å². The predicted octanol–water partition coefficient (Wildman–Crippen LogP) is 7.05. The predicted molar refractivity (Wildman–Crippen MR) is 117 cm³/mol. The van der Waals surface area contributed by atoms with Crippen LogP contribution in [-0.4, -0.2) is 25.8 Å². The average molecular weight is 416 g/mol. The van der Waals surface area contributed by atoms with Crippen LogP contribution >= 0.6 is 11.6 Å². The summed E-state index contributed by atoms with van der Waals surface area (Å²) < 4.78 is 27.8. The fourth-order valence-corrected chi connectivity index (χ4v) is 4.89. The Hall–Kier alpha value is -0.580. The van der Waals surface area contributed by atoms with E-state index in [1.807, 2.05) is 0 Å².